The van der Waals surface area contributed by atoms with Crippen LogP contribution in [0.3, 0.4) is 0 Å². The van der Waals surface area contributed by atoms with E-state index in [1.807, 2.05) is 25.8 Å². The zero-order chi connectivity index (χ0) is 19.5. The van der Waals surface area contributed by atoms with Gasteiger partial charge in [0.1, 0.15) is 5.82 Å². The fraction of sp³-hybridized carbons (Fsp3) is 0.684. The Bertz CT molecular complexity index is 950. The van der Waals surface area contributed by atoms with E-state index in [2.05, 4.69) is 24.0 Å². The van der Waals surface area contributed by atoms with E-state index in [0.29, 0.717) is 31.0 Å². The van der Waals surface area contributed by atoms with Crippen molar-refractivity contribution < 1.29 is 4.79 Å². The van der Waals surface area contributed by atoms with E-state index in [9.17, 15) is 9.59 Å². The van der Waals surface area contributed by atoms with Gasteiger partial charge >= 0.3 is 5.69 Å². The molecular formula is C19H28N6O2. The predicted octanol–water partition coefficient (Wildman–Crippen LogP) is 1.28. The molecule has 1 amide bonds. The van der Waals surface area contributed by atoms with Crippen LogP contribution >= 0.6 is 0 Å². The number of fused-ring (bicyclic) bond motifs is 3. The van der Waals surface area contributed by atoms with Crippen molar-refractivity contribution in [2.75, 3.05) is 0 Å². The number of rotatable bonds is 3. The Balaban J connectivity index is 1.67. The van der Waals surface area contributed by atoms with Gasteiger partial charge in [0.05, 0.1) is 17.3 Å². The molecule has 2 aliphatic rings. The maximum Gasteiger partial charge on any atom is 0.345 e. The van der Waals surface area contributed by atoms with Gasteiger partial charge in [-0.1, -0.05) is 13.8 Å². The maximum absolute atomic E-state index is 13.4. The lowest BCUT2D eigenvalue weighted by Crippen LogP contribution is -2.43. The highest BCUT2D eigenvalue weighted by Gasteiger charge is 2.42. The summed E-state index contributed by atoms with van der Waals surface area (Å²) in [5, 5.41) is 8.99. The second kappa shape index (κ2) is 6.35. The van der Waals surface area contributed by atoms with Crippen molar-refractivity contribution in [3.8, 4) is 0 Å². The molecule has 0 N–H and O–H groups in total. The summed E-state index contributed by atoms with van der Waals surface area (Å²) in [6.07, 6.45) is 2.52. The summed E-state index contributed by atoms with van der Waals surface area (Å²) in [6, 6.07) is 0.134. The van der Waals surface area contributed by atoms with Crippen molar-refractivity contribution in [1.29, 1.82) is 0 Å². The standard InChI is InChI=1S/C19H28N6O2/c1-11(2)9-24-19(27)23-10-15-7-6-14(8-16(23)21-24)25(15)18(26)17-12(3)20-22(5)13(17)4/h11,14-15H,6-10H2,1-5H3. The SMILES string of the molecule is Cc1nn(C)c(C)c1C(=O)N1C2CCC1Cn1c(nn(CC(C)C)c1=O)C2. The van der Waals surface area contributed by atoms with Gasteiger partial charge in [-0.3, -0.25) is 14.0 Å². The lowest BCUT2D eigenvalue weighted by molar-refractivity contribution is 0.0663. The summed E-state index contributed by atoms with van der Waals surface area (Å²) >= 11 is 0. The van der Waals surface area contributed by atoms with Crippen molar-refractivity contribution in [1.82, 2.24) is 29.0 Å². The second-order valence-corrected chi connectivity index (χ2v) is 8.36. The molecule has 2 aromatic heterocycles. The van der Waals surface area contributed by atoms with Crippen LogP contribution in [0.2, 0.25) is 0 Å². The van der Waals surface area contributed by atoms with E-state index >= 15 is 0 Å². The summed E-state index contributed by atoms with van der Waals surface area (Å²) in [7, 11) is 1.86. The van der Waals surface area contributed by atoms with Crippen LogP contribution in [0.1, 0.15) is 54.3 Å². The number of hydrogen-bond donors (Lipinski definition) is 0. The van der Waals surface area contributed by atoms with E-state index < -0.39 is 0 Å². The molecule has 0 radical (unpaired) electrons. The first-order valence-electron chi connectivity index (χ1n) is 9.77. The zero-order valence-corrected chi connectivity index (χ0v) is 16.8. The van der Waals surface area contributed by atoms with Crippen molar-refractivity contribution in [3.05, 3.63) is 33.3 Å². The van der Waals surface area contributed by atoms with Crippen LogP contribution in [0, 0.1) is 19.8 Å². The molecule has 2 unspecified atom stereocenters. The Kier molecular flexibility index (Phi) is 4.24. The number of hydrogen-bond acceptors (Lipinski definition) is 4. The average molecular weight is 372 g/mol. The molecular weight excluding hydrogens is 344 g/mol. The van der Waals surface area contributed by atoms with Crippen molar-refractivity contribution in [3.63, 3.8) is 0 Å². The smallest absolute Gasteiger partial charge is 0.330 e. The van der Waals surface area contributed by atoms with Crippen LogP contribution in [0.4, 0.5) is 0 Å². The number of carbonyl (C=O) groups is 1. The lowest BCUT2D eigenvalue weighted by atomic mass is 10.1. The van der Waals surface area contributed by atoms with Gasteiger partial charge in [-0.2, -0.15) is 10.2 Å². The lowest BCUT2D eigenvalue weighted by Gasteiger charge is -2.28. The molecule has 2 atom stereocenters. The predicted molar refractivity (Wildman–Crippen MR) is 101 cm³/mol. The molecule has 146 valence electrons. The summed E-state index contributed by atoms with van der Waals surface area (Å²) in [4.78, 5) is 28.2. The molecule has 27 heavy (non-hydrogen) atoms. The molecule has 2 aromatic rings. The fourth-order valence-electron chi connectivity index (χ4n) is 4.59. The van der Waals surface area contributed by atoms with Gasteiger partial charge in [-0.15, -0.1) is 0 Å². The molecule has 1 saturated heterocycles. The van der Waals surface area contributed by atoms with Crippen molar-refractivity contribution in [2.45, 2.75) is 72.1 Å². The van der Waals surface area contributed by atoms with E-state index in [1.54, 1.807) is 13.9 Å². The summed E-state index contributed by atoms with van der Waals surface area (Å²) in [5.74, 6) is 1.22. The van der Waals surface area contributed by atoms with Gasteiger partial charge in [0.25, 0.3) is 5.91 Å². The molecule has 4 rings (SSSR count). The third-order valence-electron chi connectivity index (χ3n) is 5.93. The molecule has 0 spiro atoms. The van der Waals surface area contributed by atoms with Gasteiger partial charge in [0, 0.05) is 38.3 Å². The van der Waals surface area contributed by atoms with Crippen LogP contribution in [0.15, 0.2) is 4.79 Å². The Morgan fingerprint density at radius 3 is 2.52 bits per heavy atom. The fourth-order valence-corrected chi connectivity index (χ4v) is 4.59. The Labute approximate surface area is 158 Å². The monoisotopic (exact) mass is 372 g/mol. The topological polar surface area (TPSA) is 78.0 Å². The molecule has 1 fully saturated rings. The summed E-state index contributed by atoms with van der Waals surface area (Å²) in [5.41, 5.74) is 2.30. The van der Waals surface area contributed by atoms with Crippen LogP contribution in [0.25, 0.3) is 0 Å². The number of aromatic nitrogens is 5. The number of aryl methyl sites for hydroxylation is 2. The molecule has 2 aliphatic heterocycles. The maximum atomic E-state index is 13.4. The quantitative estimate of drug-likeness (QED) is 0.813. The largest absolute Gasteiger partial charge is 0.345 e. The molecule has 0 saturated carbocycles. The van der Waals surface area contributed by atoms with E-state index in [-0.39, 0.29) is 23.7 Å². The third kappa shape index (κ3) is 2.82. The van der Waals surface area contributed by atoms with E-state index in [4.69, 9.17) is 0 Å². The van der Waals surface area contributed by atoms with Gasteiger partial charge in [0.15, 0.2) is 0 Å². The first-order chi connectivity index (χ1) is 12.8. The third-order valence-corrected chi connectivity index (χ3v) is 5.93. The highest BCUT2D eigenvalue weighted by Crippen LogP contribution is 2.32. The second-order valence-electron chi connectivity index (χ2n) is 8.36. The van der Waals surface area contributed by atoms with Gasteiger partial charge in [-0.25, -0.2) is 9.48 Å². The van der Waals surface area contributed by atoms with Crippen LogP contribution in [-0.2, 0) is 26.6 Å². The van der Waals surface area contributed by atoms with Crippen LogP contribution in [-0.4, -0.2) is 47.0 Å². The van der Waals surface area contributed by atoms with Gasteiger partial charge in [-0.05, 0) is 32.6 Å². The first-order valence-corrected chi connectivity index (χ1v) is 9.77. The average Bonchev–Trinajstić information content (AvgIpc) is 3.13. The van der Waals surface area contributed by atoms with Crippen molar-refractivity contribution in [2.24, 2.45) is 13.0 Å². The van der Waals surface area contributed by atoms with E-state index in [0.717, 1.165) is 30.1 Å². The Morgan fingerprint density at radius 1 is 1.19 bits per heavy atom. The minimum absolute atomic E-state index is 0.0390. The van der Waals surface area contributed by atoms with Crippen molar-refractivity contribution >= 4 is 5.91 Å². The molecule has 4 heterocycles. The highest BCUT2D eigenvalue weighted by molar-refractivity contribution is 5.97. The zero-order valence-electron chi connectivity index (χ0n) is 16.8. The van der Waals surface area contributed by atoms with E-state index in [1.165, 1.54) is 0 Å². The first kappa shape index (κ1) is 18.0. The molecule has 0 aromatic carbocycles. The van der Waals surface area contributed by atoms with Gasteiger partial charge < -0.3 is 4.90 Å². The minimum atomic E-state index is -0.0487. The number of nitrogens with zero attached hydrogens (tertiary/aromatic N) is 6. The Morgan fingerprint density at radius 2 is 1.89 bits per heavy atom. The minimum Gasteiger partial charge on any atom is -0.330 e. The molecule has 8 nitrogen and oxygen atoms in total. The summed E-state index contributed by atoms with van der Waals surface area (Å²) < 4.78 is 5.14. The normalized spacial score (nSPS) is 21.6. The summed E-state index contributed by atoms with van der Waals surface area (Å²) in [6.45, 7) is 9.15. The molecule has 0 aliphatic carbocycles. The Hall–Kier alpha value is -2.38. The van der Waals surface area contributed by atoms with Crippen LogP contribution in [0.5, 0.6) is 0 Å². The molecule has 8 heteroatoms. The van der Waals surface area contributed by atoms with Crippen LogP contribution < -0.4 is 5.69 Å². The number of carbonyl (C=O) groups excluding carboxylic acids is 1. The highest BCUT2D eigenvalue weighted by atomic mass is 16.2. The van der Waals surface area contributed by atoms with Gasteiger partial charge in [0.2, 0.25) is 0 Å². The molecule has 2 bridgehead atoms. The number of amides is 1.